The van der Waals surface area contributed by atoms with E-state index < -0.39 is 0 Å². The van der Waals surface area contributed by atoms with Gasteiger partial charge >= 0.3 is 0 Å². The molecule has 0 aromatic carbocycles. The lowest BCUT2D eigenvalue weighted by Gasteiger charge is -2.43. The van der Waals surface area contributed by atoms with Gasteiger partial charge < -0.3 is 15.0 Å². The second kappa shape index (κ2) is 5.97. The van der Waals surface area contributed by atoms with Gasteiger partial charge in [0.2, 0.25) is 5.91 Å². The van der Waals surface area contributed by atoms with Crippen LogP contribution in [-0.2, 0) is 9.53 Å². The number of anilines is 1. The molecule has 6 nitrogen and oxygen atoms in total. The van der Waals surface area contributed by atoms with Crippen molar-refractivity contribution < 1.29 is 9.53 Å². The van der Waals surface area contributed by atoms with Gasteiger partial charge in [-0.25, -0.2) is 9.97 Å². The summed E-state index contributed by atoms with van der Waals surface area (Å²) in [7, 11) is 1.84. The van der Waals surface area contributed by atoms with E-state index in [1.807, 2.05) is 24.9 Å². The Morgan fingerprint density at radius 3 is 2.71 bits per heavy atom. The average Bonchev–Trinajstić information content (AvgIpc) is 2.46. The maximum absolute atomic E-state index is 12.6. The summed E-state index contributed by atoms with van der Waals surface area (Å²) in [5.41, 5.74) is 0.943. The van der Waals surface area contributed by atoms with Crippen molar-refractivity contribution in [3.8, 4) is 0 Å². The van der Waals surface area contributed by atoms with Crippen LogP contribution in [0.25, 0.3) is 0 Å². The molecule has 1 atom stereocenters. The molecular weight excluding hydrogens is 268 g/mol. The molecule has 0 spiro atoms. The summed E-state index contributed by atoms with van der Waals surface area (Å²) >= 11 is 0. The molecule has 1 aromatic rings. The van der Waals surface area contributed by atoms with E-state index in [1.54, 1.807) is 0 Å². The van der Waals surface area contributed by atoms with Crippen molar-refractivity contribution >= 4 is 11.7 Å². The van der Waals surface area contributed by atoms with Crippen LogP contribution >= 0.6 is 0 Å². The van der Waals surface area contributed by atoms with Crippen LogP contribution in [0.15, 0.2) is 6.07 Å². The number of nitrogens with one attached hydrogen (secondary N) is 1. The Bertz CT molecular complexity index is 528. The molecule has 0 radical (unpaired) electrons. The molecule has 0 aliphatic carbocycles. The molecule has 2 fully saturated rings. The predicted molar refractivity (Wildman–Crippen MR) is 78.9 cm³/mol. The number of hydrogen-bond donors (Lipinski definition) is 1. The molecule has 1 amide bonds. The van der Waals surface area contributed by atoms with Crippen molar-refractivity contribution in [3.63, 3.8) is 0 Å². The lowest BCUT2D eigenvalue weighted by atomic mass is 9.92. The standard InChI is InChI=1S/C15H22N4O2/c1-10-17-12(9-14(16-2)18-10)13-3-6-19(13)15(20)11-4-7-21-8-5-11/h9,11,13H,3-8H2,1-2H3,(H,16,17,18). The number of nitrogens with zero attached hydrogens (tertiary/aromatic N) is 3. The van der Waals surface area contributed by atoms with Crippen LogP contribution < -0.4 is 5.32 Å². The lowest BCUT2D eigenvalue weighted by molar-refractivity contribution is -0.146. The fourth-order valence-corrected chi connectivity index (χ4v) is 3.03. The van der Waals surface area contributed by atoms with E-state index in [9.17, 15) is 4.79 Å². The van der Waals surface area contributed by atoms with Crippen LogP contribution in [0.5, 0.6) is 0 Å². The van der Waals surface area contributed by atoms with Gasteiger partial charge in [0.1, 0.15) is 11.6 Å². The molecule has 0 bridgehead atoms. The number of carbonyl (C=O) groups excluding carboxylic acids is 1. The normalized spacial score (nSPS) is 22.8. The second-order valence-corrected chi connectivity index (χ2v) is 5.70. The van der Waals surface area contributed by atoms with Gasteiger partial charge in [0.05, 0.1) is 11.7 Å². The van der Waals surface area contributed by atoms with E-state index in [4.69, 9.17) is 4.74 Å². The Labute approximate surface area is 124 Å². The van der Waals surface area contributed by atoms with Gasteiger partial charge in [-0.2, -0.15) is 0 Å². The monoisotopic (exact) mass is 290 g/mol. The summed E-state index contributed by atoms with van der Waals surface area (Å²) in [6.07, 6.45) is 2.66. The van der Waals surface area contributed by atoms with E-state index in [-0.39, 0.29) is 17.9 Å². The first-order valence-electron chi connectivity index (χ1n) is 7.60. The predicted octanol–water partition coefficient (Wildman–Crippen LogP) is 1.53. The molecule has 114 valence electrons. The largest absolute Gasteiger partial charge is 0.381 e. The number of carbonyl (C=O) groups is 1. The molecule has 2 aliphatic rings. The van der Waals surface area contributed by atoms with E-state index >= 15 is 0 Å². The molecule has 2 aliphatic heterocycles. The van der Waals surface area contributed by atoms with Crippen LogP contribution in [0.1, 0.15) is 36.8 Å². The minimum Gasteiger partial charge on any atom is -0.381 e. The minimum absolute atomic E-state index is 0.106. The molecule has 1 aromatic heterocycles. The van der Waals surface area contributed by atoms with E-state index in [0.29, 0.717) is 13.2 Å². The van der Waals surface area contributed by atoms with Crippen LogP contribution in [-0.4, -0.2) is 47.6 Å². The molecule has 0 saturated carbocycles. The van der Waals surface area contributed by atoms with Gasteiger partial charge in [0.25, 0.3) is 0 Å². The first kappa shape index (κ1) is 14.3. The number of aryl methyl sites for hydroxylation is 1. The lowest BCUT2D eigenvalue weighted by Crippen LogP contribution is -2.49. The summed E-state index contributed by atoms with van der Waals surface area (Å²) in [5.74, 6) is 1.93. The summed E-state index contributed by atoms with van der Waals surface area (Å²) in [6.45, 7) is 4.11. The first-order valence-corrected chi connectivity index (χ1v) is 7.60. The molecule has 3 heterocycles. The van der Waals surface area contributed by atoms with Crippen molar-refractivity contribution in [1.29, 1.82) is 0 Å². The molecule has 3 rings (SSSR count). The number of aromatic nitrogens is 2. The van der Waals surface area contributed by atoms with Crippen LogP contribution in [0.4, 0.5) is 5.82 Å². The van der Waals surface area contributed by atoms with Gasteiger partial charge in [-0.15, -0.1) is 0 Å². The number of amides is 1. The number of ether oxygens (including phenoxy) is 1. The highest BCUT2D eigenvalue weighted by molar-refractivity contribution is 5.80. The van der Waals surface area contributed by atoms with Gasteiger partial charge in [-0.1, -0.05) is 0 Å². The van der Waals surface area contributed by atoms with Gasteiger partial charge in [-0.05, 0) is 26.2 Å². The van der Waals surface area contributed by atoms with Crippen molar-refractivity contribution in [2.75, 3.05) is 32.1 Å². The first-order chi connectivity index (χ1) is 10.2. The molecule has 6 heteroatoms. The summed E-state index contributed by atoms with van der Waals surface area (Å²) in [4.78, 5) is 23.4. The highest BCUT2D eigenvalue weighted by Crippen LogP contribution is 2.35. The third-order valence-corrected chi connectivity index (χ3v) is 4.33. The second-order valence-electron chi connectivity index (χ2n) is 5.70. The number of hydrogen-bond acceptors (Lipinski definition) is 5. The zero-order chi connectivity index (χ0) is 14.8. The maximum atomic E-state index is 12.6. The SMILES string of the molecule is CNc1cc(C2CCN2C(=O)C2CCOCC2)nc(C)n1. The fraction of sp³-hybridized carbons (Fsp3) is 0.667. The summed E-state index contributed by atoms with van der Waals surface area (Å²) < 4.78 is 5.34. The van der Waals surface area contributed by atoms with Crippen LogP contribution in [0.3, 0.4) is 0 Å². The van der Waals surface area contributed by atoms with Crippen molar-refractivity contribution in [2.45, 2.75) is 32.2 Å². The molecule has 1 N–H and O–H groups in total. The van der Waals surface area contributed by atoms with Crippen molar-refractivity contribution in [2.24, 2.45) is 5.92 Å². The Kier molecular flexibility index (Phi) is 4.05. The smallest absolute Gasteiger partial charge is 0.226 e. The Balaban J connectivity index is 1.74. The molecule has 2 saturated heterocycles. The quantitative estimate of drug-likeness (QED) is 0.914. The highest BCUT2D eigenvalue weighted by Gasteiger charge is 2.38. The average molecular weight is 290 g/mol. The number of likely N-dealkylation sites (tertiary alicyclic amines) is 1. The highest BCUT2D eigenvalue weighted by atomic mass is 16.5. The van der Waals surface area contributed by atoms with Crippen molar-refractivity contribution in [3.05, 3.63) is 17.6 Å². The zero-order valence-corrected chi connectivity index (χ0v) is 12.6. The third kappa shape index (κ3) is 2.85. The Morgan fingerprint density at radius 1 is 1.33 bits per heavy atom. The third-order valence-electron chi connectivity index (χ3n) is 4.33. The van der Waals surface area contributed by atoms with E-state index in [2.05, 4.69) is 15.3 Å². The summed E-state index contributed by atoms with van der Waals surface area (Å²) in [6, 6.07) is 2.05. The van der Waals surface area contributed by atoms with Gasteiger partial charge in [-0.3, -0.25) is 4.79 Å². The molecule has 21 heavy (non-hydrogen) atoms. The van der Waals surface area contributed by atoms with Crippen LogP contribution in [0, 0.1) is 12.8 Å². The maximum Gasteiger partial charge on any atom is 0.226 e. The van der Waals surface area contributed by atoms with Gasteiger partial charge in [0.15, 0.2) is 0 Å². The van der Waals surface area contributed by atoms with Crippen LogP contribution in [0.2, 0.25) is 0 Å². The molecule has 1 unspecified atom stereocenters. The van der Waals surface area contributed by atoms with E-state index in [1.165, 1.54) is 0 Å². The zero-order valence-electron chi connectivity index (χ0n) is 12.6. The van der Waals surface area contributed by atoms with Crippen molar-refractivity contribution in [1.82, 2.24) is 14.9 Å². The molecular formula is C15H22N4O2. The topological polar surface area (TPSA) is 67.4 Å². The van der Waals surface area contributed by atoms with E-state index in [0.717, 1.165) is 43.1 Å². The van der Waals surface area contributed by atoms with Gasteiger partial charge in [0, 0.05) is 38.8 Å². The Morgan fingerprint density at radius 2 is 2.10 bits per heavy atom. The number of rotatable bonds is 3. The minimum atomic E-state index is 0.106. The summed E-state index contributed by atoms with van der Waals surface area (Å²) in [5, 5.41) is 3.05. The Hall–Kier alpha value is -1.69. The fourth-order valence-electron chi connectivity index (χ4n) is 3.03.